The van der Waals surface area contributed by atoms with Gasteiger partial charge in [-0.1, -0.05) is 57.6 Å². The Morgan fingerprint density at radius 3 is 2.47 bits per heavy atom. The zero-order valence-corrected chi connectivity index (χ0v) is 36.0. The van der Waals surface area contributed by atoms with Gasteiger partial charge in [-0.3, -0.25) is 9.59 Å². The van der Waals surface area contributed by atoms with E-state index in [2.05, 4.69) is 69.9 Å². The number of nitrogens with zero attached hydrogens (tertiary/aromatic N) is 3. The number of hydrogen-bond donors (Lipinski definition) is 5. The van der Waals surface area contributed by atoms with Crippen LogP contribution in [0, 0.1) is 6.92 Å². The number of imidazole rings is 1. The Balaban J connectivity index is 1.54. The first-order valence-corrected chi connectivity index (χ1v) is 20.4. The van der Waals surface area contributed by atoms with Crippen LogP contribution < -0.4 is 20.7 Å². The molecule has 4 rings (SSSR count). The molecule has 2 aromatic carbocycles. The normalized spacial score (nSPS) is 13.6. The lowest BCUT2D eigenvalue weighted by Gasteiger charge is -2.31. The topological polar surface area (TPSA) is 178 Å². The first-order chi connectivity index (χ1) is 28.3. The number of carbonyl (C=O) groups is 4. The molecule has 0 saturated heterocycles. The summed E-state index contributed by atoms with van der Waals surface area (Å²) in [6.45, 7) is 17.3. The Morgan fingerprint density at radius 2 is 1.83 bits per heavy atom. The van der Waals surface area contributed by atoms with E-state index in [1.54, 1.807) is 22.9 Å². The Kier molecular flexibility index (Phi) is 16.7. The van der Waals surface area contributed by atoms with Gasteiger partial charge in [0.15, 0.2) is 0 Å². The van der Waals surface area contributed by atoms with Gasteiger partial charge in [0.1, 0.15) is 30.8 Å². The summed E-state index contributed by atoms with van der Waals surface area (Å²) in [5, 5.41) is 17.7. The molecule has 0 unspecified atom stereocenters. The van der Waals surface area contributed by atoms with E-state index < -0.39 is 18.2 Å². The maximum absolute atomic E-state index is 13.3. The number of alkyl carbamates (subject to hydrolysis) is 1. The number of benzene rings is 2. The first-order valence-electron chi connectivity index (χ1n) is 20.4. The van der Waals surface area contributed by atoms with E-state index in [9.17, 15) is 24.3 Å². The van der Waals surface area contributed by atoms with Crippen molar-refractivity contribution < 1.29 is 33.8 Å². The Hall–Kier alpha value is -6.05. The van der Waals surface area contributed by atoms with E-state index in [1.807, 2.05) is 52.8 Å². The van der Waals surface area contributed by atoms with Crippen LogP contribution in [0.4, 0.5) is 9.59 Å². The minimum absolute atomic E-state index is 0.0539. The highest BCUT2D eigenvalue weighted by molar-refractivity contribution is 5.86. The van der Waals surface area contributed by atoms with Crippen LogP contribution in [0.15, 0.2) is 53.9 Å². The van der Waals surface area contributed by atoms with Crippen molar-refractivity contribution >= 4 is 41.8 Å². The second kappa shape index (κ2) is 21.6. The van der Waals surface area contributed by atoms with Crippen LogP contribution in [0.1, 0.15) is 108 Å². The van der Waals surface area contributed by atoms with E-state index in [0.29, 0.717) is 37.6 Å². The van der Waals surface area contributed by atoms with Gasteiger partial charge < -0.3 is 45.3 Å². The summed E-state index contributed by atoms with van der Waals surface area (Å²) in [4.78, 5) is 60.7. The molecule has 0 spiro atoms. The molecule has 0 fully saturated rings. The van der Waals surface area contributed by atoms with Crippen LogP contribution >= 0.6 is 0 Å². The molecular formula is C45H61N7O7. The predicted molar refractivity (Wildman–Crippen MR) is 231 cm³/mol. The molecule has 14 heteroatoms. The van der Waals surface area contributed by atoms with Gasteiger partial charge in [0.05, 0.1) is 25.9 Å². The van der Waals surface area contributed by atoms with E-state index in [0.717, 1.165) is 75.4 Å². The zero-order chi connectivity index (χ0) is 43.2. The molecular weight excluding hydrogens is 751 g/mol. The molecule has 0 radical (unpaired) electrons. The second-order valence-electron chi connectivity index (χ2n) is 14.7. The summed E-state index contributed by atoms with van der Waals surface area (Å²) in [5.74, 6) is 0.948. The number of amides is 4. The first kappa shape index (κ1) is 45.6. The van der Waals surface area contributed by atoms with Crippen LogP contribution in [0.5, 0.6) is 5.75 Å². The standard InChI is InChI=1S/C45H61N7O7/c1-10-19-51(43(54)38(14-5)50-44(55)56)26-41-46-23-34(48-41)17-15-31-22-36-35-18-16-32(21-33(35)27-59-40(36)20-29(31)7)37(13-4)49-39(28(6)11-2)25-52(30(8)12-3)42(53)24-47-45(57)58-9/h13,15-18,20-23,30,38,49-50H,10-12,14,19,24-27H2,1-9H3,(H,46,48)(H,47,57)(H,55,56)/b17-15-,37-13-,39-28+/t30-,38-/m0/s1. The Labute approximate surface area is 348 Å². The Morgan fingerprint density at radius 1 is 1.07 bits per heavy atom. The lowest BCUT2D eigenvalue weighted by Crippen LogP contribution is -2.48. The number of ether oxygens (including phenoxy) is 2. The van der Waals surface area contributed by atoms with Crippen molar-refractivity contribution in [1.82, 2.24) is 35.7 Å². The number of hydrogen-bond acceptors (Lipinski definition) is 8. The van der Waals surface area contributed by atoms with Crippen LogP contribution in [0.3, 0.4) is 0 Å². The fraction of sp³-hybridized carbons (Fsp3) is 0.444. The molecule has 2 atom stereocenters. The minimum atomic E-state index is -1.23. The number of nitrogens with one attached hydrogen (secondary N) is 4. The molecule has 5 N–H and O–H groups in total. The maximum Gasteiger partial charge on any atom is 0.407 e. The monoisotopic (exact) mass is 811 g/mol. The van der Waals surface area contributed by atoms with Gasteiger partial charge in [0.25, 0.3) is 0 Å². The summed E-state index contributed by atoms with van der Waals surface area (Å²) in [6.07, 6.45) is 8.50. The summed E-state index contributed by atoms with van der Waals surface area (Å²) in [6, 6.07) is 9.68. The number of aromatic nitrogens is 2. The molecule has 1 aliphatic rings. The number of rotatable bonds is 19. The van der Waals surface area contributed by atoms with Crippen molar-refractivity contribution in [2.45, 2.75) is 106 Å². The zero-order valence-electron chi connectivity index (χ0n) is 36.0. The van der Waals surface area contributed by atoms with Crippen molar-refractivity contribution in [2.24, 2.45) is 0 Å². The van der Waals surface area contributed by atoms with Gasteiger partial charge in [-0.2, -0.15) is 0 Å². The average Bonchev–Trinajstić information content (AvgIpc) is 3.69. The Bertz CT molecular complexity index is 2070. The third kappa shape index (κ3) is 12.0. The van der Waals surface area contributed by atoms with E-state index in [1.165, 1.54) is 7.11 Å². The van der Waals surface area contributed by atoms with Crippen molar-refractivity contribution in [2.75, 3.05) is 26.7 Å². The smallest absolute Gasteiger partial charge is 0.407 e. The van der Waals surface area contributed by atoms with E-state index in [-0.39, 0.29) is 30.9 Å². The number of carbonyl (C=O) groups excluding carboxylic acids is 3. The number of allylic oxidation sites excluding steroid dienone is 2. The highest BCUT2D eigenvalue weighted by Crippen LogP contribution is 2.40. The van der Waals surface area contributed by atoms with Crippen LogP contribution in [-0.4, -0.2) is 87.7 Å². The van der Waals surface area contributed by atoms with Gasteiger partial charge in [-0.25, -0.2) is 14.6 Å². The van der Waals surface area contributed by atoms with Gasteiger partial charge in [0.2, 0.25) is 11.8 Å². The molecule has 0 bridgehead atoms. The molecule has 4 amide bonds. The van der Waals surface area contributed by atoms with Crippen LogP contribution in [0.2, 0.25) is 0 Å². The number of fused-ring (bicyclic) bond motifs is 3. The quantitative estimate of drug-likeness (QED) is 0.0807. The number of carboxylic acid groups (broad SMARTS) is 1. The molecule has 1 aromatic heterocycles. The fourth-order valence-electron chi connectivity index (χ4n) is 6.82. The molecule has 14 nitrogen and oxygen atoms in total. The van der Waals surface area contributed by atoms with Gasteiger partial charge in [0, 0.05) is 35.7 Å². The summed E-state index contributed by atoms with van der Waals surface area (Å²) in [5.41, 5.74) is 9.79. The third-order valence-corrected chi connectivity index (χ3v) is 10.7. The largest absolute Gasteiger partial charge is 0.488 e. The van der Waals surface area contributed by atoms with E-state index >= 15 is 0 Å². The maximum atomic E-state index is 13.3. The van der Waals surface area contributed by atoms with Crippen molar-refractivity contribution in [3.05, 3.63) is 87.6 Å². The number of H-pyrrole nitrogens is 1. The highest BCUT2D eigenvalue weighted by Gasteiger charge is 2.26. The van der Waals surface area contributed by atoms with Gasteiger partial charge in [-0.05, 0) is 105 Å². The second-order valence-corrected chi connectivity index (χ2v) is 14.7. The number of aromatic amines is 1. The van der Waals surface area contributed by atoms with Crippen LogP contribution in [0.25, 0.3) is 29.0 Å². The summed E-state index contributed by atoms with van der Waals surface area (Å²) < 4.78 is 11.0. The lowest BCUT2D eigenvalue weighted by molar-refractivity contribution is -0.134. The number of methoxy groups -OCH3 is 1. The fourth-order valence-corrected chi connectivity index (χ4v) is 6.82. The van der Waals surface area contributed by atoms with Gasteiger partial charge >= 0.3 is 12.2 Å². The van der Waals surface area contributed by atoms with Crippen LogP contribution in [-0.2, 0) is 27.5 Å². The minimum Gasteiger partial charge on any atom is -0.488 e. The third-order valence-electron chi connectivity index (χ3n) is 10.7. The lowest BCUT2D eigenvalue weighted by atomic mass is 9.91. The highest BCUT2D eigenvalue weighted by atomic mass is 16.5. The van der Waals surface area contributed by atoms with Crippen molar-refractivity contribution in [3.63, 3.8) is 0 Å². The molecule has 0 saturated carbocycles. The molecule has 2 heterocycles. The predicted octanol–water partition coefficient (Wildman–Crippen LogP) is 7.85. The summed E-state index contributed by atoms with van der Waals surface area (Å²) >= 11 is 0. The van der Waals surface area contributed by atoms with Gasteiger partial charge in [-0.15, -0.1) is 0 Å². The summed E-state index contributed by atoms with van der Waals surface area (Å²) in [7, 11) is 1.27. The molecule has 59 heavy (non-hydrogen) atoms. The molecule has 318 valence electrons. The number of aryl methyl sites for hydroxylation is 1. The molecule has 0 aliphatic carbocycles. The van der Waals surface area contributed by atoms with Crippen molar-refractivity contribution in [3.8, 4) is 16.9 Å². The average molecular weight is 812 g/mol. The van der Waals surface area contributed by atoms with E-state index in [4.69, 9.17) is 9.72 Å². The SMILES string of the molecule is C/C=C(\N/C(CN(C(=O)CNC(=O)OC)[C@@H](C)CC)=C(\C)CC)c1ccc2c(c1)COc1cc(C)c(/C=C\c3c[nH]c(CN(CCC)C(=O)[C@H](CC)NC(=O)O)n3)cc1-2. The molecule has 3 aromatic rings. The molecule has 1 aliphatic heterocycles. The van der Waals surface area contributed by atoms with Crippen molar-refractivity contribution in [1.29, 1.82) is 0 Å².